The SMILES string of the molecule is NN.O=C(O)c1cn(CCCF)c2c(OCCCCCCCCCC(F)(F)F)cccc12. The fourth-order valence-corrected chi connectivity index (χ4v) is 3.51. The minimum atomic E-state index is -4.06. The lowest BCUT2D eigenvalue weighted by molar-refractivity contribution is -0.135. The molecule has 0 aliphatic carbocycles. The highest BCUT2D eigenvalue weighted by Gasteiger charge is 2.25. The molecule has 0 bridgehead atoms. The van der Waals surface area contributed by atoms with Gasteiger partial charge in [-0.1, -0.05) is 44.2 Å². The number of fused-ring (bicyclic) bond motifs is 1. The molecule has 0 fully saturated rings. The molecule has 0 amide bonds. The molecule has 0 aliphatic rings. The van der Waals surface area contributed by atoms with Crippen LogP contribution >= 0.6 is 0 Å². The maximum Gasteiger partial charge on any atom is 0.389 e. The van der Waals surface area contributed by atoms with Gasteiger partial charge < -0.3 is 14.4 Å². The van der Waals surface area contributed by atoms with Crippen molar-refractivity contribution in [2.75, 3.05) is 13.3 Å². The largest absolute Gasteiger partial charge is 0.491 e. The first-order valence-electron chi connectivity index (χ1n) is 10.8. The van der Waals surface area contributed by atoms with Crippen LogP contribution in [0.15, 0.2) is 24.4 Å². The Morgan fingerprint density at radius 1 is 1.00 bits per heavy atom. The Morgan fingerprint density at radius 3 is 2.22 bits per heavy atom. The summed E-state index contributed by atoms with van der Waals surface area (Å²) in [6.45, 7) is 0.347. The quantitative estimate of drug-likeness (QED) is 0.147. The van der Waals surface area contributed by atoms with E-state index in [0.29, 0.717) is 42.6 Å². The summed E-state index contributed by atoms with van der Waals surface area (Å²) in [6.07, 6.45) is 2.20. The van der Waals surface area contributed by atoms with E-state index in [-0.39, 0.29) is 12.0 Å². The van der Waals surface area contributed by atoms with Gasteiger partial charge in [0.2, 0.25) is 0 Å². The van der Waals surface area contributed by atoms with Gasteiger partial charge in [-0.15, -0.1) is 0 Å². The molecule has 0 saturated heterocycles. The molecule has 6 nitrogen and oxygen atoms in total. The maximum absolute atomic E-state index is 12.6. The molecule has 1 aromatic heterocycles. The number of ether oxygens (including phenoxy) is 1. The van der Waals surface area contributed by atoms with Gasteiger partial charge in [0.1, 0.15) is 5.75 Å². The van der Waals surface area contributed by atoms with Crippen molar-refractivity contribution < 1.29 is 32.2 Å². The number of hydrogen-bond acceptors (Lipinski definition) is 4. The fourth-order valence-electron chi connectivity index (χ4n) is 3.51. The molecule has 1 aromatic carbocycles. The molecule has 32 heavy (non-hydrogen) atoms. The lowest BCUT2D eigenvalue weighted by Gasteiger charge is -2.11. The van der Waals surface area contributed by atoms with E-state index in [1.807, 2.05) is 0 Å². The van der Waals surface area contributed by atoms with Gasteiger partial charge in [-0.2, -0.15) is 13.2 Å². The highest BCUT2D eigenvalue weighted by atomic mass is 19.4. The number of hydrazine groups is 1. The number of alkyl halides is 4. The third-order valence-corrected chi connectivity index (χ3v) is 4.99. The topological polar surface area (TPSA) is 104 Å². The maximum atomic E-state index is 12.6. The van der Waals surface area contributed by atoms with Gasteiger partial charge in [0.15, 0.2) is 0 Å². The minimum absolute atomic E-state index is 0.167. The summed E-state index contributed by atoms with van der Waals surface area (Å²) in [5, 5.41) is 9.99. The molecular weight excluding hydrogens is 430 g/mol. The summed E-state index contributed by atoms with van der Waals surface area (Å²) < 4.78 is 56.4. The summed E-state index contributed by atoms with van der Waals surface area (Å²) in [5.74, 6) is 7.54. The van der Waals surface area contributed by atoms with E-state index >= 15 is 0 Å². The number of halogens is 4. The Morgan fingerprint density at radius 2 is 1.62 bits per heavy atom. The number of para-hydroxylation sites is 1. The standard InChI is InChI=1S/C22H29F4NO3.H4N2/c23-13-9-14-27-16-18(21(28)29)17-10-8-11-19(20(17)27)30-15-7-5-3-1-2-4-6-12-22(24,25)26;1-2/h8,10-11,16H,1-7,9,12-15H2,(H,28,29);1-2H2. The molecule has 182 valence electrons. The van der Waals surface area contributed by atoms with Crippen molar-refractivity contribution in [2.24, 2.45) is 11.7 Å². The zero-order chi connectivity index (χ0) is 24.0. The van der Waals surface area contributed by atoms with Crippen LogP contribution in [0.1, 0.15) is 68.1 Å². The molecule has 0 atom stereocenters. The molecule has 0 radical (unpaired) electrons. The van der Waals surface area contributed by atoms with Gasteiger partial charge in [-0.05, 0) is 25.3 Å². The first kappa shape index (κ1) is 27.7. The average molecular weight is 464 g/mol. The number of benzene rings is 1. The number of hydrogen-bond donors (Lipinski definition) is 3. The van der Waals surface area contributed by atoms with Crippen LogP contribution in [0.2, 0.25) is 0 Å². The van der Waals surface area contributed by atoms with Crippen LogP contribution < -0.4 is 16.4 Å². The van der Waals surface area contributed by atoms with E-state index in [9.17, 15) is 27.5 Å². The van der Waals surface area contributed by atoms with Crippen molar-refractivity contribution in [1.82, 2.24) is 4.57 Å². The highest BCUT2D eigenvalue weighted by Crippen LogP contribution is 2.31. The predicted molar refractivity (Wildman–Crippen MR) is 116 cm³/mol. The average Bonchev–Trinajstić information content (AvgIpc) is 3.14. The van der Waals surface area contributed by atoms with E-state index in [1.165, 1.54) is 6.20 Å². The predicted octanol–water partition coefficient (Wildman–Crippen LogP) is 5.58. The zero-order valence-corrected chi connectivity index (χ0v) is 18.2. The van der Waals surface area contributed by atoms with Crippen LogP contribution in [0.4, 0.5) is 17.6 Å². The zero-order valence-electron chi connectivity index (χ0n) is 18.2. The van der Waals surface area contributed by atoms with E-state index in [1.54, 1.807) is 22.8 Å². The molecule has 2 rings (SSSR count). The van der Waals surface area contributed by atoms with E-state index in [2.05, 4.69) is 11.7 Å². The van der Waals surface area contributed by atoms with Gasteiger partial charge in [0.05, 0.1) is 24.4 Å². The third kappa shape index (κ3) is 9.44. The Hall–Kier alpha value is -2.33. The van der Waals surface area contributed by atoms with Crippen LogP contribution in [-0.2, 0) is 6.54 Å². The van der Waals surface area contributed by atoms with Crippen molar-refractivity contribution in [2.45, 2.75) is 70.5 Å². The van der Waals surface area contributed by atoms with Crippen LogP contribution in [0.3, 0.4) is 0 Å². The van der Waals surface area contributed by atoms with Crippen molar-refractivity contribution in [3.63, 3.8) is 0 Å². The Bertz CT molecular complexity index is 810. The molecule has 2 aromatic rings. The molecule has 0 aliphatic heterocycles. The summed E-state index contributed by atoms with van der Waals surface area (Å²) in [4.78, 5) is 11.5. The van der Waals surface area contributed by atoms with Gasteiger partial charge >= 0.3 is 12.1 Å². The van der Waals surface area contributed by atoms with Gasteiger partial charge in [0, 0.05) is 24.5 Å². The number of rotatable bonds is 14. The number of aromatic nitrogens is 1. The number of carbonyl (C=O) groups is 1. The molecule has 5 N–H and O–H groups in total. The molecule has 10 heteroatoms. The Kier molecular flexibility index (Phi) is 12.7. The normalized spacial score (nSPS) is 11.3. The molecular formula is C22H33F4N3O3. The molecule has 0 saturated carbocycles. The second kappa shape index (κ2) is 14.7. The lowest BCUT2D eigenvalue weighted by Crippen LogP contribution is -2.06. The fraction of sp³-hybridized carbons (Fsp3) is 0.591. The van der Waals surface area contributed by atoms with Gasteiger partial charge in [0.25, 0.3) is 0 Å². The van der Waals surface area contributed by atoms with Crippen LogP contribution in [0, 0.1) is 0 Å². The third-order valence-electron chi connectivity index (χ3n) is 4.99. The molecule has 0 unspecified atom stereocenters. The van der Waals surface area contributed by atoms with Gasteiger partial charge in [-0.25, -0.2) is 4.79 Å². The second-order valence-corrected chi connectivity index (χ2v) is 7.42. The summed E-state index contributed by atoms with van der Waals surface area (Å²) >= 11 is 0. The summed E-state index contributed by atoms with van der Waals surface area (Å²) in [7, 11) is 0. The first-order valence-corrected chi connectivity index (χ1v) is 10.8. The highest BCUT2D eigenvalue weighted by molar-refractivity contribution is 6.05. The summed E-state index contributed by atoms with van der Waals surface area (Å²) in [5.41, 5.74) is 0.827. The Labute approximate surface area is 185 Å². The number of nitrogens with zero attached hydrogens (tertiary/aromatic N) is 1. The smallest absolute Gasteiger partial charge is 0.389 e. The van der Waals surface area contributed by atoms with Crippen LogP contribution in [-0.4, -0.2) is 35.1 Å². The van der Waals surface area contributed by atoms with Crippen molar-refractivity contribution >= 4 is 16.9 Å². The van der Waals surface area contributed by atoms with Crippen LogP contribution in [0.25, 0.3) is 10.9 Å². The first-order chi connectivity index (χ1) is 15.3. The van der Waals surface area contributed by atoms with E-state index in [0.717, 1.165) is 32.1 Å². The lowest BCUT2D eigenvalue weighted by atomic mass is 10.1. The number of unbranched alkanes of at least 4 members (excludes halogenated alkanes) is 6. The number of nitrogens with two attached hydrogens (primary N) is 2. The van der Waals surface area contributed by atoms with Crippen LogP contribution in [0.5, 0.6) is 5.75 Å². The number of aryl methyl sites for hydroxylation is 1. The molecule has 0 spiro atoms. The number of carboxylic acids is 1. The van der Waals surface area contributed by atoms with E-state index in [4.69, 9.17) is 4.74 Å². The summed E-state index contributed by atoms with van der Waals surface area (Å²) in [6, 6.07) is 5.24. The van der Waals surface area contributed by atoms with Crippen molar-refractivity contribution in [3.05, 3.63) is 30.0 Å². The van der Waals surface area contributed by atoms with Crippen molar-refractivity contribution in [3.8, 4) is 5.75 Å². The van der Waals surface area contributed by atoms with Gasteiger partial charge in [-0.3, -0.25) is 16.1 Å². The Balaban J connectivity index is 0.00000249. The number of aromatic carboxylic acids is 1. The minimum Gasteiger partial charge on any atom is -0.491 e. The molecule has 1 heterocycles. The second-order valence-electron chi connectivity index (χ2n) is 7.42. The monoisotopic (exact) mass is 463 g/mol. The van der Waals surface area contributed by atoms with E-state index < -0.39 is 25.2 Å². The number of carboxylic acid groups (broad SMARTS) is 1. The van der Waals surface area contributed by atoms with Crippen molar-refractivity contribution in [1.29, 1.82) is 0 Å².